The zero-order valence-electron chi connectivity index (χ0n) is 11.0. The van der Waals surface area contributed by atoms with Crippen LogP contribution in [0.1, 0.15) is 53.4 Å². The summed E-state index contributed by atoms with van der Waals surface area (Å²) in [6, 6.07) is 0.759. The molecule has 1 saturated heterocycles. The molecule has 0 saturated carbocycles. The van der Waals surface area contributed by atoms with Crippen LogP contribution in [0, 0.1) is 0 Å². The molecule has 1 heterocycles. The van der Waals surface area contributed by atoms with Crippen molar-refractivity contribution in [2.24, 2.45) is 0 Å². The summed E-state index contributed by atoms with van der Waals surface area (Å²) in [6.07, 6.45) is 5.14. The van der Waals surface area contributed by atoms with Crippen molar-refractivity contribution >= 4 is 0 Å². The highest BCUT2D eigenvalue weighted by Crippen LogP contribution is 2.22. The van der Waals surface area contributed by atoms with Crippen molar-refractivity contribution in [3.8, 4) is 0 Å². The Hall–Kier alpha value is -0.0800. The average Bonchev–Trinajstić information content (AvgIpc) is 2.29. The Morgan fingerprint density at radius 3 is 2.47 bits per heavy atom. The van der Waals surface area contributed by atoms with Gasteiger partial charge in [-0.05, 0) is 26.2 Å². The first-order chi connectivity index (χ1) is 7.17. The van der Waals surface area contributed by atoms with E-state index in [1.807, 2.05) is 0 Å². The van der Waals surface area contributed by atoms with Crippen LogP contribution in [0.15, 0.2) is 0 Å². The van der Waals surface area contributed by atoms with E-state index in [-0.39, 0.29) is 0 Å². The summed E-state index contributed by atoms with van der Waals surface area (Å²) in [5, 5.41) is 3.72. The third kappa shape index (κ3) is 3.18. The third-order valence-electron chi connectivity index (χ3n) is 4.09. The molecular formula is C13H28N2. The Morgan fingerprint density at radius 2 is 1.93 bits per heavy atom. The second-order valence-electron chi connectivity index (χ2n) is 5.02. The highest BCUT2D eigenvalue weighted by Gasteiger charge is 2.32. The molecule has 0 aromatic carbocycles. The van der Waals surface area contributed by atoms with Gasteiger partial charge in [-0.15, -0.1) is 0 Å². The van der Waals surface area contributed by atoms with E-state index >= 15 is 0 Å². The van der Waals surface area contributed by atoms with Crippen molar-refractivity contribution in [1.29, 1.82) is 0 Å². The maximum Gasteiger partial charge on any atom is 0.0304 e. The lowest BCUT2D eigenvalue weighted by Gasteiger charge is -2.45. The van der Waals surface area contributed by atoms with Crippen LogP contribution in [0.2, 0.25) is 0 Å². The molecule has 1 unspecified atom stereocenters. The normalized spacial score (nSPS) is 24.0. The minimum atomic E-state index is 0.389. The maximum atomic E-state index is 3.72. The molecule has 1 atom stereocenters. The van der Waals surface area contributed by atoms with Gasteiger partial charge in [-0.2, -0.15) is 0 Å². The molecule has 0 bridgehead atoms. The molecule has 0 aromatic heterocycles. The number of rotatable bonds is 5. The fourth-order valence-corrected chi connectivity index (χ4v) is 2.69. The van der Waals surface area contributed by atoms with Gasteiger partial charge in [-0.3, -0.25) is 4.90 Å². The first-order valence-electron chi connectivity index (χ1n) is 6.66. The topological polar surface area (TPSA) is 15.3 Å². The predicted octanol–water partition coefficient (Wildman–Crippen LogP) is 2.64. The molecule has 0 aliphatic carbocycles. The zero-order chi connectivity index (χ0) is 11.3. The van der Waals surface area contributed by atoms with Crippen molar-refractivity contribution in [2.75, 3.05) is 19.6 Å². The first-order valence-corrected chi connectivity index (χ1v) is 6.66. The van der Waals surface area contributed by atoms with E-state index in [0.717, 1.165) is 12.6 Å². The number of nitrogens with zero attached hydrogens (tertiary/aromatic N) is 1. The van der Waals surface area contributed by atoms with Crippen LogP contribution in [-0.4, -0.2) is 36.1 Å². The van der Waals surface area contributed by atoms with Crippen molar-refractivity contribution < 1.29 is 0 Å². The van der Waals surface area contributed by atoms with E-state index in [1.165, 1.54) is 38.8 Å². The standard InChI is InChI=1S/C13H28N2/c1-5-8-12(4)15-10-9-14-13(6-2,7-3)11-15/h12,14H,5-11H2,1-4H3. The van der Waals surface area contributed by atoms with Gasteiger partial charge in [0, 0.05) is 31.2 Å². The Balaban J connectivity index is 2.54. The molecule has 1 N–H and O–H groups in total. The molecule has 0 spiro atoms. The number of piperazine rings is 1. The van der Waals surface area contributed by atoms with E-state index < -0.39 is 0 Å². The highest BCUT2D eigenvalue weighted by molar-refractivity contribution is 4.93. The molecule has 1 rings (SSSR count). The molecule has 2 heteroatoms. The van der Waals surface area contributed by atoms with E-state index in [0.29, 0.717) is 5.54 Å². The van der Waals surface area contributed by atoms with Crippen LogP contribution in [0.4, 0.5) is 0 Å². The zero-order valence-corrected chi connectivity index (χ0v) is 11.0. The van der Waals surface area contributed by atoms with Gasteiger partial charge in [0.2, 0.25) is 0 Å². The molecule has 0 aromatic rings. The molecule has 0 radical (unpaired) electrons. The van der Waals surface area contributed by atoms with Crippen LogP contribution in [-0.2, 0) is 0 Å². The highest BCUT2D eigenvalue weighted by atomic mass is 15.2. The Morgan fingerprint density at radius 1 is 1.27 bits per heavy atom. The molecule has 1 aliphatic heterocycles. The van der Waals surface area contributed by atoms with E-state index in [4.69, 9.17) is 0 Å². The van der Waals surface area contributed by atoms with Crippen LogP contribution in [0.3, 0.4) is 0 Å². The Kier molecular flexibility index (Phi) is 5.07. The first kappa shape index (κ1) is 13.0. The van der Waals surface area contributed by atoms with Gasteiger partial charge in [0.1, 0.15) is 0 Å². The lowest BCUT2D eigenvalue weighted by atomic mass is 9.89. The molecular weight excluding hydrogens is 184 g/mol. The summed E-state index contributed by atoms with van der Waals surface area (Å²) in [6.45, 7) is 12.9. The van der Waals surface area contributed by atoms with Crippen LogP contribution < -0.4 is 5.32 Å². The van der Waals surface area contributed by atoms with Gasteiger partial charge in [-0.1, -0.05) is 27.2 Å². The minimum Gasteiger partial charge on any atom is -0.309 e. The molecule has 1 aliphatic rings. The summed E-state index contributed by atoms with van der Waals surface area (Å²) in [7, 11) is 0. The quantitative estimate of drug-likeness (QED) is 0.753. The average molecular weight is 212 g/mol. The van der Waals surface area contributed by atoms with E-state index in [1.54, 1.807) is 0 Å². The van der Waals surface area contributed by atoms with Crippen LogP contribution in [0.5, 0.6) is 0 Å². The molecule has 1 fully saturated rings. The summed E-state index contributed by atoms with van der Waals surface area (Å²) in [5.74, 6) is 0. The lowest BCUT2D eigenvalue weighted by molar-refractivity contribution is 0.0882. The van der Waals surface area contributed by atoms with Crippen molar-refractivity contribution in [3.63, 3.8) is 0 Å². The third-order valence-corrected chi connectivity index (χ3v) is 4.09. The Labute approximate surface area is 95.4 Å². The summed E-state index contributed by atoms with van der Waals surface area (Å²) in [4.78, 5) is 2.67. The summed E-state index contributed by atoms with van der Waals surface area (Å²) >= 11 is 0. The van der Waals surface area contributed by atoms with Gasteiger partial charge in [0.05, 0.1) is 0 Å². The van der Waals surface area contributed by atoms with Crippen molar-refractivity contribution in [2.45, 2.75) is 65.0 Å². The van der Waals surface area contributed by atoms with Gasteiger partial charge in [-0.25, -0.2) is 0 Å². The monoisotopic (exact) mass is 212 g/mol. The second kappa shape index (κ2) is 5.86. The predicted molar refractivity (Wildman–Crippen MR) is 67.3 cm³/mol. The maximum absolute atomic E-state index is 3.72. The van der Waals surface area contributed by atoms with E-state index in [9.17, 15) is 0 Å². The van der Waals surface area contributed by atoms with Crippen molar-refractivity contribution in [3.05, 3.63) is 0 Å². The van der Waals surface area contributed by atoms with Gasteiger partial charge in [0.15, 0.2) is 0 Å². The number of hydrogen-bond acceptors (Lipinski definition) is 2. The molecule has 90 valence electrons. The van der Waals surface area contributed by atoms with Gasteiger partial charge in [0.25, 0.3) is 0 Å². The molecule has 0 amide bonds. The molecule has 2 nitrogen and oxygen atoms in total. The fourth-order valence-electron chi connectivity index (χ4n) is 2.69. The number of hydrogen-bond donors (Lipinski definition) is 1. The second-order valence-corrected chi connectivity index (χ2v) is 5.02. The van der Waals surface area contributed by atoms with Crippen molar-refractivity contribution in [1.82, 2.24) is 10.2 Å². The van der Waals surface area contributed by atoms with E-state index in [2.05, 4.69) is 37.9 Å². The largest absolute Gasteiger partial charge is 0.309 e. The summed E-state index contributed by atoms with van der Waals surface area (Å²) < 4.78 is 0. The minimum absolute atomic E-state index is 0.389. The molecule has 15 heavy (non-hydrogen) atoms. The summed E-state index contributed by atoms with van der Waals surface area (Å²) in [5.41, 5.74) is 0.389. The van der Waals surface area contributed by atoms with Gasteiger partial charge >= 0.3 is 0 Å². The lowest BCUT2D eigenvalue weighted by Crippen LogP contribution is -2.61. The van der Waals surface area contributed by atoms with Crippen LogP contribution >= 0.6 is 0 Å². The van der Waals surface area contributed by atoms with Gasteiger partial charge < -0.3 is 5.32 Å². The fraction of sp³-hybridized carbons (Fsp3) is 1.00. The number of nitrogens with one attached hydrogen (secondary N) is 1. The Bertz CT molecular complexity index is 175. The smallest absolute Gasteiger partial charge is 0.0304 e. The van der Waals surface area contributed by atoms with Crippen LogP contribution in [0.25, 0.3) is 0 Å². The SMILES string of the molecule is CCCC(C)N1CCNC(CC)(CC)C1.